The molecular weight excluding hydrogens is 138 g/mol. The van der Waals surface area contributed by atoms with E-state index in [1.54, 1.807) is 0 Å². The van der Waals surface area contributed by atoms with Crippen LogP contribution in [0.25, 0.3) is 0 Å². The minimum absolute atomic E-state index is 0.175. The van der Waals surface area contributed by atoms with Crippen LogP contribution in [0.15, 0.2) is 12.2 Å². The molecule has 0 heterocycles. The first kappa shape index (κ1) is 7.04. The maximum atomic E-state index is 11.1. The van der Waals surface area contributed by atoms with E-state index < -0.39 is 0 Å². The lowest BCUT2D eigenvalue weighted by atomic mass is 9.79. The Bertz CT molecular complexity index is 222. The molecule has 0 spiro atoms. The molecule has 0 aromatic heterocycles. The summed E-state index contributed by atoms with van der Waals surface area (Å²) in [4.78, 5) is 11.1. The number of carbonyl (C=O) groups is 1. The van der Waals surface area contributed by atoms with Gasteiger partial charge in [-0.1, -0.05) is 12.2 Å². The second-order valence-corrected chi connectivity index (χ2v) is 3.76. The molecule has 0 saturated heterocycles. The fraction of sp³-hybridized carbons (Fsp3) is 0.667. The van der Waals surface area contributed by atoms with Crippen LogP contribution in [-0.2, 0) is 4.79 Å². The smallest absolute Gasteiger partial charge is 0.135 e. The number of hydrogen-bond acceptors (Lipinski definition) is 2. The van der Waals surface area contributed by atoms with Crippen LogP contribution in [0, 0.1) is 5.92 Å². The molecule has 2 N–H and O–H groups in total. The lowest BCUT2D eigenvalue weighted by Crippen LogP contribution is -2.44. The van der Waals surface area contributed by atoms with Crippen molar-refractivity contribution in [2.24, 2.45) is 11.7 Å². The van der Waals surface area contributed by atoms with Gasteiger partial charge in [0, 0.05) is 18.4 Å². The Morgan fingerprint density at radius 2 is 2.36 bits per heavy atom. The lowest BCUT2D eigenvalue weighted by molar-refractivity contribution is -0.117. The van der Waals surface area contributed by atoms with Gasteiger partial charge in [0.15, 0.2) is 0 Å². The Morgan fingerprint density at radius 3 is 3.09 bits per heavy atom. The molecule has 2 nitrogen and oxygen atoms in total. The van der Waals surface area contributed by atoms with Crippen molar-refractivity contribution in [3.05, 3.63) is 12.2 Å². The van der Waals surface area contributed by atoms with E-state index in [4.69, 9.17) is 5.73 Å². The van der Waals surface area contributed by atoms with Crippen molar-refractivity contribution in [1.82, 2.24) is 0 Å². The summed E-state index contributed by atoms with van der Waals surface area (Å²) in [7, 11) is 0. The Kier molecular flexibility index (Phi) is 1.39. The van der Waals surface area contributed by atoms with Crippen LogP contribution in [0.4, 0.5) is 0 Å². The number of carbonyl (C=O) groups excluding carboxylic acids is 1. The number of fused-ring (bicyclic) bond motifs is 1. The van der Waals surface area contributed by atoms with Gasteiger partial charge in [-0.15, -0.1) is 0 Å². The van der Waals surface area contributed by atoms with E-state index in [1.165, 1.54) is 0 Å². The predicted octanol–water partition coefficient (Wildman–Crippen LogP) is 1.01. The second kappa shape index (κ2) is 2.18. The van der Waals surface area contributed by atoms with Crippen molar-refractivity contribution >= 4 is 5.78 Å². The van der Waals surface area contributed by atoms with E-state index in [0.29, 0.717) is 24.5 Å². The summed E-state index contributed by atoms with van der Waals surface area (Å²) in [6.07, 6.45) is 7.46. The molecule has 2 heteroatoms. The quantitative estimate of drug-likeness (QED) is 0.525. The van der Waals surface area contributed by atoms with Crippen LogP contribution >= 0.6 is 0 Å². The highest BCUT2D eigenvalue weighted by Gasteiger charge is 2.43. The summed E-state index contributed by atoms with van der Waals surface area (Å²) in [5.41, 5.74) is 5.91. The fourth-order valence-corrected chi connectivity index (χ4v) is 2.18. The monoisotopic (exact) mass is 151 g/mol. The standard InChI is InChI=1S/C9H13NO/c10-9-4-2-1-3-7(9)5-8(11)6-9/h1-2,7H,3-6,10H2. The van der Waals surface area contributed by atoms with Gasteiger partial charge in [0.1, 0.15) is 5.78 Å². The molecule has 2 unspecified atom stereocenters. The van der Waals surface area contributed by atoms with E-state index in [0.717, 1.165) is 12.8 Å². The number of ketones is 1. The summed E-state index contributed by atoms with van der Waals surface area (Å²) < 4.78 is 0. The van der Waals surface area contributed by atoms with Crippen molar-refractivity contribution in [3.63, 3.8) is 0 Å². The third-order valence-corrected chi connectivity index (χ3v) is 2.90. The molecule has 2 aliphatic carbocycles. The largest absolute Gasteiger partial charge is 0.324 e. The lowest BCUT2D eigenvalue weighted by Gasteiger charge is -2.31. The number of rotatable bonds is 0. The third kappa shape index (κ3) is 1.02. The van der Waals surface area contributed by atoms with Gasteiger partial charge in [-0.2, -0.15) is 0 Å². The van der Waals surface area contributed by atoms with E-state index in [-0.39, 0.29) is 5.54 Å². The molecule has 2 atom stereocenters. The zero-order valence-corrected chi connectivity index (χ0v) is 6.55. The van der Waals surface area contributed by atoms with E-state index in [2.05, 4.69) is 12.2 Å². The molecule has 1 saturated carbocycles. The highest BCUT2D eigenvalue weighted by atomic mass is 16.1. The number of allylic oxidation sites excluding steroid dienone is 1. The van der Waals surface area contributed by atoms with Crippen LogP contribution in [-0.4, -0.2) is 11.3 Å². The van der Waals surface area contributed by atoms with Crippen LogP contribution in [0.1, 0.15) is 25.7 Å². The highest BCUT2D eigenvalue weighted by Crippen LogP contribution is 2.39. The molecule has 1 fully saturated rings. The molecule has 0 aromatic rings. The van der Waals surface area contributed by atoms with Crippen LogP contribution in [0.3, 0.4) is 0 Å². The van der Waals surface area contributed by atoms with Crippen LogP contribution in [0.2, 0.25) is 0 Å². The first-order chi connectivity index (χ1) is 5.21. The average molecular weight is 151 g/mol. The average Bonchev–Trinajstić information content (AvgIpc) is 2.22. The maximum Gasteiger partial charge on any atom is 0.135 e. The maximum absolute atomic E-state index is 11.1. The van der Waals surface area contributed by atoms with Crippen molar-refractivity contribution in [3.8, 4) is 0 Å². The van der Waals surface area contributed by atoms with Gasteiger partial charge in [-0.05, 0) is 18.8 Å². The summed E-state index contributed by atoms with van der Waals surface area (Å²) >= 11 is 0. The third-order valence-electron chi connectivity index (χ3n) is 2.90. The normalized spacial score (nSPS) is 42.6. The van der Waals surface area contributed by atoms with E-state index >= 15 is 0 Å². The van der Waals surface area contributed by atoms with Gasteiger partial charge in [-0.25, -0.2) is 0 Å². The van der Waals surface area contributed by atoms with Gasteiger partial charge in [0.05, 0.1) is 0 Å². The van der Waals surface area contributed by atoms with Crippen molar-refractivity contribution in [2.75, 3.05) is 0 Å². The van der Waals surface area contributed by atoms with Crippen molar-refractivity contribution in [1.29, 1.82) is 0 Å². The van der Waals surface area contributed by atoms with Crippen molar-refractivity contribution < 1.29 is 4.79 Å². The number of Topliss-reactive ketones (excluding diaryl/α,β-unsaturated/α-hetero) is 1. The van der Waals surface area contributed by atoms with Crippen molar-refractivity contribution in [2.45, 2.75) is 31.2 Å². The zero-order chi connectivity index (χ0) is 7.90. The van der Waals surface area contributed by atoms with Crippen LogP contribution < -0.4 is 5.73 Å². The first-order valence-electron chi connectivity index (χ1n) is 4.16. The Labute approximate surface area is 66.5 Å². The SMILES string of the molecule is NC12CC=CCC1CC(=O)C2. The molecule has 0 radical (unpaired) electrons. The Morgan fingerprint density at radius 1 is 1.55 bits per heavy atom. The fourth-order valence-electron chi connectivity index (χ4n) is 2.18. The highest BCUT2D eigenvalue weighted by molar-refractivity contribution is 5.83. The topological polar surface area (TPSA) is 43.1 Å². The van der Waals surface area contributed by atoms with Gasteiger partial charge in [-0.3, -0.25) is 4.79 Å². The van der Waals surface area contributed by atoms with E-state index in [9.17, 15) is 4.79 Å². The summed E-state index contributed by atoms with van der Waals surface area (Å²) in [6, 6.07) is 0. The molecule has 0 aromatic carbocycles. The van der Waals surface area contributed by atoms with Crippen LogP contribution in [0.5, 0.6) is 0 Å². The predicted molar refractivity (Wildman–Crippen MR) is 43.0 cm³/mol. The molecule has 0 amide bonds. The van der Waals surface area contributed by atoms with E-state index in [1.807, 2.05) is 0 Å². The molecule has 2 aliphatic rings. The van der Waals surface area contributed by atoms with Gasteiger partial charge >= 0.3 is 0 Å². The second-order valence-electron chi connectivity index (χ2n) is 3.76. The zero-order valence-electron chi connectivity index (χ0n) is 6.55. The molecule has 2 rings (SSSR count). The Balaban J connectivity index is 2.24. The van der Waals surface area contributed by atoms with Gasteiger partial charge in [0.2, 0.25) is 0 Å². The number of hydrogen-bond donors (Lipinski definition) is 1. The summed E-state index contributed by atoms with van der Waals surface area (Å²) in [5, 5.41) is 0. The molecule has 60 valence electrons. The molecule has 11 heavy (non-hydrogen) atoms. The first-order valence-corrected chi connectivity index (χ1v) is 4.16. The van der Waals surface area contributed by atoms with Gasteiger partial charge in [0.25, 0.3) is 0 Å². The molecule has 0 bridgehead atoms. The number of nitrogens with two attached hydrogens (primary N) is 1. The Hall–Kier alpha value is -0.630. The molecule has 0 aliphatic heterocycles. The minimum Gasteiger partial charge on any atom is -0.324 e. The summed E-state index contributed by atoms with van der Waals surface area (Å²) in [6.45, 7) is 0. The minimum atomic E-state index is -0.175. The summed E-state index contributed by atoms with van der Waals surface area (Å²) in [5.74, 6) is 0.779. The van der Waals surface area contributed by atoms with Gasteiger partial charge < -0.3 is 5.73 Å². The molecular formula is C9H13NO.